The van der Waals surface area contributed by atoms with Crippen LogP contribution in [0.5, 0.6) is 0 Å². The predicted molar refractivity (Wildman–Crippen MR) is 83.1 cm³/mol. The Labute approximate surface area is 130 Å². The standard InChI is InChI=1S/C16H13FN2O2S/c1-2-21-16(20)9-15-19-12-4-3-10(7-13(12)22-15)11-5-6-18-14(17)8-11/h3-8H,2,9H2,1H3. The van der Waals surface area contributed by atoms with Crippen molar-refractivity contribution in [1.29, 1.82) is 0 Å². The molecule has 22 heavy (non-hydrogen) atoms. The number of pyridine rings is 1. The number of aromatic nitrogens is 2. The van der Waals surface area contributed by atoms with Crippen LogP contribution in [-0.2, 0) is 16.0 Å². The van der Waals surface area contributed by atoms with Gasteiger partial charge in [-0.3, -0.25) is 4.79 Å². The van der Waals surface area contributed by atoms with Gasteiger partial charge in [0.1, 0.15) is 5.01 Å². The number of esters is 1. The largest absolute Gasteiger partial charge is 0.466 e. The zero-order valence-corrected chi connectivity index (χ0v) is 12.7. The van der Waals surface area contributed by atoms with Crippen LogP contribution in [-0.4, -0.2) is 22.5 Å². The van der Waals surface area contributed by atoms with E-state index in [9.17, 15) is 9.18 Å². The van der Waals surface area contributed by atoms with Crippen molar-refractivity contribution in [1.82, 2.24) is 9.97 Å². The second-order valence-electron chi connectivity index (χ2n) is 4.64. The molecule has 1 aromatic carbocycles. The minimum Gasteiger partial charge on any atom is -0.466 e. The van der Waals surface area contributed by atoms with Gasteiger partial charge in [0.2, 0.25) is 5.95 Å². The van der Waals surface area contributed by atoms with Gasteiger partial charge in [0.15, 0.2) is 0 Å². The molecule has 6 heteroatoms. The number of hydrogen-bond acceptors (Lipinski definition) is 5. The smallest absolute Gasteiger partial charge is 0.312 e. The van der Waals surface area contributed by atoms with Gasteiger partial charge in [-0.05, 0) is 36.2 Å². The van der Waals surface area contributed by atoms with E-state index < -0.39 is 5.95 Å². The van der Waals surface area contributed by atoms with Crippen LogP contribution < -0.4 is 0 Å². The van der Waals surface area contributed by atoms with E-state index in [1.54, 1.807) is 13.0 Å². The number of rotatable bonds is 4. The maximum Gasteiger partial charge on any atom is 0.312 e. The van der Waals surface area contributed by atoms with Crippen molar-refractivity contribution in [2.75, 3.05) is 6.61 Å². The summed E-state index contributed by atoms with van der Waals surface area (Å²) in [7, 11) is 0. The Balaban J connectivity index is 1.91. The lowest BCUT2D eigenvalue weighted by Gasteiger charge is -2.00. The van der Waals surface area contributed by atoms with Crippen molar-refractivity contribution in [3.8, 4) is 11.1 Å². The van der Waals surface area contributed by atoms with Gasteiger partial charge < -0.3 is 4.74 Å². The molecule has 0 unspecified atom stereocenters. The van der Waals surface area contributed by atoms with Crippen molar-refractivity contribution in [2.45, 2.75) is 13.3 Å². The average Bonchev–Trinajstić information content (AvgIpc) is 2.88. The Morgan fingerprint density at radius 1 is 1.27 bits per heavy atom. The van der Waals surface area contributed by atoms with Gasteiger partial charge in [-0.15, -0.1) is 11.3 Å². The first-order valence-corrected chi connectivity index (χ1v) is 7.64. The number of carbonyl (C=O) groups is 1. The highest BCUT2D eigenvalue weighted by Crippen LogP contribution is 2.28. The number of thiazole rings is 1. The molecule has 112 valence electrons. The fraction of sp³-hybridized carbons (Fsp3) is 0.188. The van der Waals surface area contributed by atoms with E-state index in [0.29, 0.717) is 11.6 Å². The molecular formula is C16H13FN2O2S. The highest BCUT2D eigenvalue weighted by atomic mass is 32.1. The Morgan fingerprint density at radius 3 is 2.86 bits per heavy atom. The van der Waals surface area contributed by atoms with Gasteiger partial charge in [0.05, 0.1) is 23.2 Å². The first-order chi connectivity index (χ1) is 10.7. The van der Waals surface area contributed by atoms with Gasteiger partial charge in [-0.2, -0.15) is 4.39 Å². The number of carbonyl (C=O) groups excluding carboxylic acids is 1. The zero-order valence-electron chi connectivity index (χ0n) is 11.9. The molecule has 0 amide bonds. The monoisotopic (exact) mass is 316 g/mol. The molecule has 0 N–H and O–H groups in total. The zero-order chi connectivity index (χ0) is 15.5. The van der Waals surface area contributed by atoms with Crippen LogP contribution in [0.3, 0.4) is 0 Å². The third-order valence-electron chi connectivity index (χ3n) is 3.09. The first kappa shape index (κ1) is 14.6. The Morgan fingerprint density at radius 2 is 2.09 bits per heavy atom. The van der Waals surface area contributed by atoms with Gasteiger partial charge in [-0.1, -0.05) is 6.07 Å². The van der Waals surface area contributed by atoms with Crippen LogP contribution in [0.25, 0.3) is 21.3 Å². The maximum absolute atomic E-state index is 13.2. The molecule has 0 aliphatic carbocycles. The predicted octanol–water partition coefficient (Wildman–Crippen LogP) is 3.60. The summed E-state index contributed by atoms with van der Waals surface area (Å²) in [6, 6.07) is 8.84. The topological polar surface area (TPSA) is 52.1 Å². The van der Waals surface area contributed by atoms with Crippen LogP contribution in [0.1, 0.15) is 11.9 Å². The number of benzene rings is 1. The van der Waals surface area contributed by atoms with E-state index in [0.717, 1.165) is 21.3 Å². The molecule has 0 saturated carbocycles. The third-order valence-corrected chi connectivity index (χ3v) is 4.11. The summed E-state index contributed by atoms with van der Waals surface area (Å²) in [5.74, 6) is -0.789. The molecule has 3 aromatic rings. The van der Waals surface area contributed by atoms with Crippen molar-refractivity contribution in [2.24, 2.45) is 0 Å². The minimum absolute atomic E-state index is 0.173. The lowest BCUT2D eigenvalue weighted by atomic mass is 10.1. The fourth-order valence-corrected chi connectivity index (χ4v) is 3.14. The molecule has 0 radical (unpaired) electrons. The SMILES string of the molecule is CCOC(=O)Cc1nc2ccc(-c3ccnc(F)c3)cc2s1. The molecule has 3 rings (SSSR count). The summed E-state index contributed by atoms with van der Waals surface area (Å²) in [4.78, 5) is 19.5. The van der Waals surface area contributed by atoms with Gasteiger partial charge in [-0.25, -0.2) is 9.97 Å². The Kier molecular flexibility index (Phi) is 4.11. The summed E-state index contributed by atoms with van der Waals surface area (Å²) in [5, 5.41) is 0.714. The number of halogens is 1. The Bertz CT molecular complexity index is 832. The van der Waals surface area contributed by atoms with Crippen LogP contribution in [0, 0.1) is 5.95 Å². The van der Waals surface area contributed by atoms with Crippen molar-refractivity contribution < 1.29 is 13.9 Å². The summed E-state index contributed by atoms with van der Waals surface area (Å²) in [5.41, 5.74) is 2.47. The highest BCUT2D eigenvalue weighted by molar-refractivity contribution is 7.18. The molecule has 0 aliphatic rings. The van der Waals surface area contributed by atoms with Gasteiger partial charge >= 0.3 is 5.97 Å². The number of nitrogens with zero attached hydrogens (tertiary/aromatic N) is 2. The van der Waals surface area contributed by atoms with Crippen molar-refractivity contribution in [3.63, 3.8) is 0 Å². The Hall–Kier alpha value is -2.34. The van der Waals surface area contributed by atoms with Crippen LogP contribution in [0.15, 0.2) is 36.5 Å². The molecule has 2 aromatic heterocycles. The summed E-state index contributed by atoms with van der Waals surface area (Å²) < 4.78 is 19.1. The van der Waals surface area contributed by atoms with E-state index in [1.165, 1.54) is 23.6 Å². The van der Waals surface area contributed by atoms with Crippen LogP contribution in [0.4, 0.5) is 4.39 Å². The minimum atomic E-state index is -0.509. The molecule has 2 heterocycles. The second kappa shape index (κ2) is 6.19. The average molecular weight is 316 g/mol. The molecule has 0 fully saturated rings. The second-order valence-corrected chi connectivity index (χ2v) is 5.75. The van der Waals surface area contributed by atoms with E-state index in [2.05, 4.69) is 9.97 Å². The van der Waals surface area contributed by atoms with Gasteiger partial charge in [0, 0.05) is 12.3 Å². The van der Waals surface area contributed by atoms with Crippen molar-refractivity contribution >= 4 is 27.5 Å². The molecular weight excluding hydrogens is 303 g/mol. The molecule has 4 nitrogen and oxygen atoms in total. The van der Waals surface area contributed by atoms with Crippen LogP contribution in [0.2, 0.25) is 0 Å². The molecule has 0 spiro atoms. The quantitative estimate of drug-likeness (QED) is 0.545. The van der Waals surface area contributed by atoms with Crippen molar-refractivity contribution in [3.05, 3.63) is 47.5 Å². The van der Waals surface area contributed by atoms with Gasteiger partial charge in [0.25, 0.3) is 0 Å². The molecule has 0 bridgehead atoms. The lowest BCUT2D eigenvalue weighted by molar-refractivity contribution is -0.142. The fourth-order valence-electron chi connectivity index (χ4n) is 2.15. The lowest BCUT2D eigenvalue weighted by Crippen LogP contribution is -2.06. The molecule has 0 saturated heterocycles. The summed E-state index contributed by atoms with van der Waals surface area (Å²) in [6.07, 6.45) is 1.61. The third kappa shape index (κ3) is 3.12. The van der Waals surface area contributed by atoms with E-state index in [4.69, 9.17) is 4.74 Å². The number of ether oxygens (including phenoxy) is 1. The summed E-state index contributed by atoms with van der Waals surface area (Å²) >= 11 is 1.44. The van der Waals surface area contributed by atoms with E-state index in [-0.39, 0.29) is 12.4 Å². The van der Waals surface area contributed by atoms with Crippen LogP contribution >= 0.6 is 11.3 Å². The van der Waals surface area contributed by atoms with E-state index in [1.807, 2.05) is 18.2 Å². The number of hydrogen-bond donors (Lipinski definition) is 0. The summed E-state index contributed by atoms with van der Waals surface area (Å²) in [6.45, 7) is 2.14. The van der Waals surface area contributed by atoms with E-state index >= 15 is 0 Å². The first-order valence-electron chi connectivity index (χ1n) is 6.82. The number of fused-ring (bicyclic) bond motifs is 1. The maximum atomic E-state index is 13.2. The normalized spacial score (nSPS) is 10.8. The molecule has 0 atom stereocenters. The highest BCUT2D eigenvalue weighted by Gasteiger charge is 2.10. The molecule has 0 aliphatic heterocycles.